The van der Waals surface area contributed by atoms with Crippen molar-refractivity contribution in [2.75, 3.05) is 10.5 Å². The van der Waals surface area contributed by atoms with Crippen molar-refractivity contribution < 1.29 is 13.2 Å². The van der Waals surface area contributed by atoms with Gasteiger partial charge in [0, 0.05) is 23.9 Å². The molecule has 1 aliphatic heterocycles. The van der Waals surface area contributed by atoms with Gasteiger partial charge in [0.25, 0.3) is 0 Å². The molecule has 0 aliphatic carbocycles. The molecule has 0 radical (unpaired) electrons. The second-order valence-corrected chi connectivity index (χ2v) is 8.72. The van der Waals surface area contributed by atoms with Crippen LogP contribution in [0, 0.1) is 0 Å². The van der Waals surface area contributed by atoms with Crippen molar-refractivity contribution in [2.45, 2.75) is 26.3 Å². The highest BCUT2D eigenvalue weighted by Crippen LogP contribution is 2.35. The highest BCUT2D eigenvalue weighted by atomic mass is 32.2. The van der Waals surface area contributed by atoms with Crippen LogP contribution in [0.25, 0.3) is 0 Å². The minimum Gasteiger partial charge on any atom is -0.284 e. The van der Waals surface area contributed by atoms with Gasteiger partial charge in [0.1, 0.15) is 0 Å². The van der Waals surface area contributed by atoms with Crippen molar-refractivity contribution in [2.24, 2.45) is 5.10 Å². The van der Waals surface area contributed by atoms with Crippen LogP contribution in [0.5, 0.6) is 0 Å². The highest BCUT2D eigenvalue weighted by Gasteiger charge is 2.31. The van der Waals surface area contributed by atoms with Crippen molar-refractivity contribution in [3.63, 3.8) is 0 Å². The fourth-order valence-electron chi connectivity index (χ4n) is 2.66. The Morgan fingerprint density at radius 1 is 1.32 bits per heavy atom. The molecule has 2 aromatic rings. The number of rotatable bonds is 5. The van der Waals surface area contributed by atoms with Gasteiger partial charge in [0.05, 0.1) is 17.5 Å². The average molecular weight is 377 g/mol. The third kappa shape index (κ3) is 3.91. The van der Waals surface area contributed by atoms with E-state index in [1.165, 1.54) is 11.9 Å². The highest BCUT2D eigenvalue weighted by molar-refractivity contribution is 7.92. The van der Waals surface area contributed by atoms with E-state index in [1.807, 2.05) is 29.6 Å². The molecule has 25 heavy (non-hydrogen) atoms. The van der Waals surface area contributed by atoms with Crippen LogP contribution in [0.1, 0.15) is 36.8 Å². The van der Waals surface area contributed by atoms with E-state index in [4.69, 9.17) is 0 Å². The van der Waals surface area contributed by atoms with Crippen LogP contribution in [0.4, 0.5) is 5.69 Å². The zero-order valence-corrected chi connectivity index (χ0v) is 15.6. The van der Waals surface area contributed by atoms with Gasteiger partial charge in [-0.25, -0.2) is 13.4 Å². The molecule has 0 spiro atoms. The quantitative estimate of drug-likeness (QED) is 0.869. The minimum atomic E-state index is -3.29. The number of amides is 1. The summed E-state index contributed by atoms with van der Waals surface area (Å²) in [5, 5.41) is 7.99. The van der Waals surface area contributed by atoms with Crippen molar-refractivity contribution in [3.05, 3.63) is 52.2 Å². The lowest BCUT2D eigenvalue weighted by Gasteiger charge is -2.18. The molecule has 0 bridgehead atoms. The van der Waals surface area contributed by atoms with Crippen molar-refractivity contribution in [1.82, 2.24) is 5.01 Å². The van der Waals surface area contributed by atoms with Gasteiger partial charge in [0.2, 0.25) is 15.9 Å². The molecule has 6 nitrogen and oxygen atoms in total. The lowest BCUT2D eigenvalue weighted by Crippen LogP contribution is -2.23. The molecule has 0 fully saturated rings. The Bertz CT molecular complexity index is 888. The minimum absolute atomic E-state index is 0.0253. The number of carbonyl (C=O) groups excluding carboxylic acids is 1. The average Bonchev–Trinajstić information content (AvgIpc) is 3.24. The Morgan fingerprint density at radius 2 is 2.04 bits per heavy atom. The van der Waals surface area contributed by atoms with Crippen LogP contribution in [-0.2, 0) is 14.8 Å². The first-order valence-electron chi connectivity index (χ1n) is 7.91. The summed E-state index contributed by atoms with van der Waals surface area (Å²) < 4.78 is 25.8. The van der Waals surface area contributed by atoms with E-state index < -0.39 is 10.0 Å². The Morgan fingerprint density at radius 3 is 2.60 bits per heavy atom. The van der Waals surface area contributed by atoms with Crippen molar-refractivity contribution in [1.29, 1.82) is 0 Å². The zero-order valence-electron chi connectivity index (χ0n) is 14.0. The van der Waals surface area contributed by atoms with Crippen LogP contribution < -0.4 is 4.72 Å². The van der Waals surface area contributed by atoms with Crippen LogP contribution in [0.15, 0.2) is 46.9 Å². The standard InChI is InChI=1S/C17H19N3O3S2/c1-3-25(22,23)19-14-8-6-13(7-9-14)15-11-16(17-5-4-10-24-17)20(18-15)12(2)21/h4-10,16,19H,3,11H2,1-2H3/t16-/m1/s1. The molecule has 1 atom stereocenters. The van der Waals surface area contributed by atoms with E-state index in [-0.39, 0.29) is 17.7 Å². The van der Waals surface area contributed by atoms with Crippen LogP contribution in [0.3, 0.4) is 0 Å². The van der Waals surface area contributed by atoms with E-state index in [0.717, 1.165) is 16.2 Å². The van der Waals surface area contributed by atoms with E-state index in [2.05, 4.69) is 9.82 Å². The van der Waals surface area contributed by atoms with Gasteiger partial charge in [-0.05, 0) is 36.1 Å². The largest absolute Gasteiger partial charge is 0.284 e. The number of hydrogen-bond acceptors (Lipinski definition) is 5. The van der Waals surface area contributed by atoms with Crippen molar-refractivity contribution >= 4 is 38.7 Å². The Kier molecular flexibility index (Phi) is 4.91. The number of benzene rings is 1. The Labute approximate surface area is 151 Å². The van der Waals surface area contributed by atoms with Gasteiger partial charge in [-0.3, -0.25) is 9.52 Å². The number of nitrogens with zero attached hydrogens (tertiary/aromatic N) is 2. The SMILES string of the molecule is CCS(=O)(=O)Nc1ccc(C2=NN(C(C)=O)[C@@H](c3cccs3)C2)cc1. The monoisotopic (exact) mass is 377 g/mol. The number of thiophene rings is 1. The molecular formula is C17H19N3O3S2. The van der Waals surface area contributed by atoms with Gasteiger partial charge >= 0.3 is 0 Å². The zero-order chi connectivity index (χ0) is 18.0. The van der Waals surface area contributed by atoms with Gasteiger partial charge in [-0.1, -0.05) is 18.2 Å². The lowest BCUT2D eigenvalue weighted by atomic mass is 10.0. The van der Waals surface area contributed by atoms with Gasteiger partial charge in [0.15, 0.2) is 0 Å². The predicted molar refractivity (Wildman–Crippen MR) is 100 cm³/mol. The maximum absolute atomic E-state index is 11.9. The summed E-state index contributed by atoms with van der Waals surface area (Å²) in [7, 11) is -3.29. The summed E-state index contributed by atoms with van der Waals surface area (Å²) in [6.45, 7) is 3.10. The number of nitrogens with one attached hydrogen (secondary N) is 1. The molecule has 1 aromatic carbocycles. The first-order valence-corrected chi connectivity index (χ1v) is 10.4. The van der Waals surface area contributed by atoms with Crippen molar-refractivity contribution in [3.8, 4) is 0 Å². The van der Waals surface area contributed by atoms with Crippen LogP contribution >= 0.6 is 11.3 Å². The second-order valence-electron chi connectivity index (χ2n) is 5.73. The summed E-state index contributed by atoms with van der Waals surface area (Å²) in [5.74, 6) is -0.0712. The topological polar surface area (TPSA) is 78.8 Å². The van der Waals surface area contributed by atoms with E-state index in [9.17, 15) is 13.2 Å². The molecule has 1 aliphatic rings. The fraction of sp³-hybridized carbons (Fsp3) is 0.294. The number of hydrazone groups is 1. The van der Waals surface area contributed by atoms with E-state index in [1.54, 1.807) is 30.4 Å². The van der Waals surface area contributed by atoms with Crippen LogP contribution in [0.2, 0.25) is 0 Å². The first kappa shape index (κ1) is 17.6. The lowest BCUT2D eigenvalue weighted by molar-refractivity contribution is -0.130. The van der Waals surface area contributed by atoms with E-state index in [0.29, 0.717) is 12.1 Å². The Hall–Kier alpha value is -2.19. The first-order chi connectivity index (χ1) is 11.9. The summed E-state index contributed by atoms with van der Waals surface area (Å²) in [4.78, 5) is 13.0. The van der Waals surface area contributed by atoms with Gasteiger partial charge in [-0.2, -0.15) is 5.10 Å². The molecule has 0 saturated carbocycles. The molecule has 3 rings (SSSR count). The fourth-order valence-corrected chi connectivity index (χ4v) is 4.11. The third-order valence-electron chi connectivity index (χ3n) is 3.98. The summed E-state index contributed by atoms with van der Waals surface area (Å²) in [6, 6.07) is 11.0. The van der Waals surface area contributed by atoms with Crippen LogP contribution in [-0.4, -0.2) is 30.8 Å². The Balaban J connectivity index is 1.82. The molecule has 8 heteroatoms. The molecule has 0 saturated heterocycles. The number of sulfonamides is 1. The number of carbonyl (C=O) groups is 1. The summed E-state index contributed by atoms with van der Waals surface area (Å²) >= 11 is 1.61. The molecule has 0 unspecified atom stereocenters. The predicted octanol–water partition coefficient (Wildman–Crippen LogP) is 3.21. The summed E-state index contributed by atoms with van der Waals surface area (Å²) in [6.07, 6.45) is 0.639. The molecule has 1 N–H and O–H groups in total. The molecular weight excluding hydrogens is 358 g/mol. The smallest absolute Gasteiger partial charge is 0.240 e. The molecule has 1 aromatic heterocycles. The number of hydrogen-bond donors (Lipinski definition) is 1. The normalized spacial score (nSPS) is 17.4. The summed E-state index contributed by atoms with van der Waals surface area (Å²) in [5.41, 5.74) is 2.21. The maximum Gasteiger partial charge on any atom is 0.240 e. The third-order valence-corrected chi connectivity index (χ3v) is 6.26. The number of anilines is 1. The van der Waals surface area contributed by atoms with Gasteiger partial charge in [-0.15, -0.1) is 11.3 Å². The molecule has 2 heterocycles. The second kappa shape index (κ2) is 6.97. The van der Waals surface area contributed by atoms with Gasteiger partial charge < -0.3 is 0 Å². The maximum atomic E-state index is 11.9. The molecule has 132 valence electrons. The van der Waals surface area contributed by atoms with E-state index >= 15 is 0 Å². The molecule has 1 amide bonds.